The molecule has 1 heterocycles. The first-order valence-corrected chi connectivity index (χ1v) is 4.82. The Labute approximate surface area is 91.0 Å². The molecule has 74 valence electrons. The van der Waals surface area contributed by atoms with Crippen molar-refractivity contribution in [2.75, 3.05) is 6.54 Å². The lowest BCUT2D eigenvalue weighted by Crippen LogP contribution is -2.12. The van der Waals surface area contributed by atoms with Crippen LogP contribution in [0.1, 0.15) is 11.7 Å². The molecule has 0 bridgehead atoms. The molecule has 14 heavy (non-hydrogen) atoms. The van der Waals surface area contributed by atoms with Crippen molar-refractivity contribution in [2.45, 2.75) is 6.10 Å². The zero-order valence-electron chi connectivity index (χ0n) is 7.09. The number of benzene rings is 1. The van der Waals surface area contributed by atoms with E-state index in [9.17, 15) is 4.79 Å². The van der Waals surface area contributed by atoms with E-state index >= 15 is 0 Å². The summed E-state index contributed by atoms with van der Waals surface area (Å²) in [5.74, 6) is 0. The van der Waals surface area contributed by atoms with Crippen LogP contribution in [0.3, 0.4) is 0 Å². The van der Waals surface area contributed by atoms with Gasteiger partial charge in [0.25, 0.3) is 0 Å². The van der Waals surface area contributed by atoms with E-state index in [-0.39, 0.29) is 6.10 Å². The summed E-state index contributed by atoms with van der Waals surface area (Å²) >= 11 is 11.8. The molecule has 1 aliphatic heterocycles. The Kier molecular flexibility index (Phi) is 2.52. The lowest BCUT2D eigenvalue weighted by atomic mass is 10.1. The van der Waals surface area contributed by atoms with Crippen LogP contribution in [0.5, 0.6) is 0 Å². The van der Waals surface area contributed by atoms with E-state index in [1.165, 1.54) is 0 Å². The molecule has 1 N–H and O–H groups in total. The Balaban J connectivity index is 2.32. The van der Waals surface area contributed by atoms with E-state index in [2.05, 4.69) is 5.32 Å². The molecule has 0 radical (unpaired) electrons. The Morgan fingerprint density at radius 2 is 2.21 bits per heavy atom. The monoisotopic (exact) mass is 231 g/mol. The summed E-state index contributed by atoms with van der Waals surface area (Å²) in [5.41, 5.74) is 0.734. The highest BCUT2D eigenvalue weighted by atomic mass is 35.5. The van der Waals surface area contributed by atoms with Gasteiger partial charge in [-0.2, -0.15) is 0 Å². The average molecular weight is 232 g/mol. The van der Waals surface area contributed by atoms with Gasteiger partial charge >= 0.3 is 6.09 Å². The van der Waals surface area contributed by atoms with Crippen molar-refractivity contribution < 1.29 is 9.53 Å². The zero-order chi connectivity index (χ0) is 10.1. The Bertz CT molecular complexity index is 381. The van der Waals surface area contributed by atoms with Crippen molar-refractivity contribution in [2.24, 2.45) is 0 Å². The molecule has 3 nitrogen and oxygen atoms in total. The molecular weight excluding hydrogens is 225 g/mol. The van der Waals surface area contributed by atoms with Gasteiger partial charge in [-0.05, 0) is 6.07 Å². The van der Waals surface area contributed by atoms with Crippen molar-refractivity contribution in [3.63, 3.8) is 0 Å². The second-order valence-electron chi connectivity index (χ2n) is 2.92. The maximum atomic E-state index is 10.8. The van der Waals surface area contributed by atoms with Crippen LogP contribution < -0.4 is 5.32 Å². The van der Waals surface area contributed by atoms with Crippen LogP contribution in [0.15, 0.2) is 18.2 Å². The summed E-state index contributed by atoms with van der Waals surface area (Å²) in [5, 5.41) is 3.46. The Morgan fingerprint density at radius 3 is 2.86 bits per heavy atom. The second kappa shape index (κ2) is 3.67. The molecule has 2 rings (SSSR count). The molecule has 1 aromatic carbocycles. The number of hydrogen-bond donors (Lipinski definition) is 1. The number of rotatable bonds is 1. The summed E-state index contributed by atoms with van der Waals surface area (Å²) in [6, 6.07) is 5.26. The summed E-state index contributed by atoms with van der Waals surface area (Å²) in [6.45, 7) is 0.429. The number of hydrogen-bond acceptors (Lipinski definition) is 2. The van der Waals surface area contributed by atoms with Gasteiger partial charge < -0.3 is 10.1 Å². The normalized spacial score (nSPS) is 20.4. The first-order chi connectivity index (χ1) is 6.68. The second-order valence-corrected chi connectivity index (χ2v) is 3.70. The SMILES string of the molecule is O=C1NCC(c2cccc(Cl)c2Cl)O1. The van der Waals surface area contributed by atoms with Gasteiger partial charge in [0.05, 0.1) is 16.6 Å². The number of alkyl carbamates (subject to hydrolysis) is 1. The van der Waals surface area contributed by atoms with E-state index in [4.69, 9.17) is 27.9 Å². The van der Waals surface area contributed by atoms with E-state index in [0.717, 1.165) is 5.56 Å². The fourth-order valence-electron chi connectivity index (χ4n) is 1.33. The average Bonchev–Trinajstić information content (AvgIpc) is 2.57. The summed E-state index contributed by atoms with van der Waals surface area (Å²) in [6.07, 6.45) is -0.764. The van der Waals surface area contributed by atoms with E-state index in [1.54, 1.807) is 18.2 Å². The number of amides is 1. The van der Waals surface area contributed by atoms with Crippen LogP contribution in [-0.2, 0) is 4.74 Å². The maximum absolute atomic E-state index is 10.8. The van der Waals surface area contributed by atoms with Crippen LogP contribution in [0.25, 0.3) is 0 Å². The van der Waals surface area contributed by atoms with Crippen molar-refractivity contribution in [3.05, 3.63) is 33.8 Å². The highest BCUT2D eigenvalue weighted by Gasteiger charge is 2.26. The van der Waals surface area contributed by atoms with Gasteiger partial charge in [0.2, 0.25) is 0 Å². The molecule has 1 amide bonds. The van der Waals surface area contributed by atoms with Crippen molar-refractivity contribution in [3.8, 4) is 0 Å². The van der Waals surface area contributed by atoms with Crippen LogP contribution in [0.4, 0.5) is 4.79 Å². The number of halogens is 2. The van der Waals surface area contributed by atoms with Crippen LogP contribution in [0, 0.1) is 0 Å². The van der Waals surface area contributed by atoms with Crippen LogP contribution in [0.2, 0.25) is 10.0 Å². The predicted molar refractivity (Wildman–Crippen MR) is 53.7 cm³/mol. The molecule has 1 fully saturated rings. The van der Waals surface area contributed by atoms with Gasteiger partial charge in [-0.3, -0.25) is 0 Å². The van der Waals surface area contributed by atoms with Crippen molar-refractivity contribution >= 4 is 29.3 Å². The summed E-state index contributed by atoms with van der Waals surface area (Å²) in [7, 11) is 0. The topological polar surface area (TPSA) is 38.3 Å². The number of nitrogens with one attached hydrogen (secondary N) is 1. The molecular formula is C9H7Cl2NO2. The first kappa shape index (κ1) is 9.62. The fraction of sp³-hybridized carbons (Fsp3) is 0.222. The van der Waals surface area contributed by atoms with Gasteiger partial charge in [0.1, 0.15) is 6.10 Å². The lowest BCUT2D eigenvalue weighted by Gasteiger charge is -2.10. The highest BCUT2D eigenvalue weighted by molar-refractivity contribution is 6.42. The van der Waals surface area contributed by atoms with Gasteiger partial charge in [-0.25, -0.2) is 4.79 Å². The fourth-order valence-corrected chi connectivity index (χ4v) is 1.76. The highest BCUT2D eigenvalue weighted by Crippen LogP contribution is 2.32. The molecule has 1 saturated heterocycles. The van der Waals surface area contributed by atoms with E-state index in [1.807, 2.05) is 0 Å². The van der Waals surface area contributed by atoms with E-state index in [0.29, 0.717) is 16.6 Å². The standard InChI is InChI=1S/C9H7Cl2NO2/c10-6-3-1-2-5(8(6)11)7-4-12-9(13)14-7/h1-3,7H,4H2,(H,12,13). The summed E-state index contributed by atoms with van der Waals surface area (Å²) in [4.78, 5) is 10.8. The van der Waals surface area contributed by atoms with Crippen LogP contribution in [-0.4, -0.2) is 12.6 Å². The van der Waals surface area contributed by atoms with Gasteiger partial charge in [-0.15, -0.1) is 0 Å². The molecule has 1 aromatic rings. The number of ether oxygens (including phenoxy) is 1. The van der Waals surface area contributed by atoms with Crippen molar-refractivity contribution in [1.82, 2.24) is 5.32 Å². The molecule has 0 saturated carbocycles. The number of cyclic esters (lactones) is 1. The number of carbonyl (C=O) groups is 1. The molecule has 5 heteroatoms. The number of carbonyl (C=O) groups excluding carboxylic acids is 1. The lowest BCUT2D eigenvalue weighted by molar-refractivity contribution is 0.141. The third-order valence-electron chi connectivity index (χ3n) is 2.01. The molecule has 1 unspecified atom stereocenters. The Morgan fingerprint density at radius 1 is 1.43 bits per heavy atom. The first-order valence-electron chi connectivity index (χ1n) is 4.07. The van der Waals surface area contributed by atoms with Gasteiger partial charge in [0, 0.05) is 5.56 Å². The minimum atomic E-state index is -0.425. The molecule has 1 aliphatic rings. The molecule has 0 aromatic heterocycles. The minimum absolute atomic E-state index is 0.339. The quantitative estimate of drug-likeness (QED) is 0.808. The molecule has 1 atom stereocenters. The largest absolute Gasteiger partial charge is 0.439 e. The van der Waals surface area contributed by atoms with Gasteiger partial charge in [0.15, 0.2) is 0 Å². The van der Waals surface area contributed by atoms with Crippen molar-refractivity contribution in [1.29, 1.82) is 0 Å². The predicted octanol–water partition coefficient (Wildman–Crippen LogP) is 2.77. The third kappa shape index (κ3) is 1.65. The van der Waals surface area contributed by atoms with Gasteiger partial charge in [-0.1, -0.05) is 35.3 Å². The molecule has 0 aliphatic carbocycles. The molecule has 0 spiro atoms. The Hall–Kier alpha value is -0.930. The minimum Gasteiger partial charge on any atom is -0.439 e. The smallest absolute Gasteiger partial charge is 0.407 e. The maximum Gasteiger partial charge on any atom is 0.407 e. The summed E-state index contributed by atoms with van der Waals surface area (Å²) < 4.78 is 4.99. The van der Waals surface area contributed by atoms with Crippen LogP contribution >= 0.6 is 23.2 Å². The zero-order valence-corrected chi connectivity index (χ0v) is 8.60. The third-order valence-corrected chi connectivity index (χ3v) is 2.84. The van der Waals surface area contributed by atoms with E-state index < -0.39 is 6.09 Å².